The van der Waals surface area contributed by atoms with E-state index < -0.39 is 4.92 Å². The summed E-state index contributed by atoms with van der Waals surface area (Å²) >= 11 is 0. The molecule has 0 unspecified atom stereocenters. The van der Waals surface area contributed by atoms with Crippen molar-refractivity contribution in [2.24, 2.45) is 0 Å². The fourth-order valence-corrected chi connectivity index (χ4v) is 1.56. The van der Waals surface area contributed by atoms with Crippen LogP contribution in [0.25, 0.3) is 0 Å². The summed E-state index contributed by atoms with van der Waals surface area (Å²) in [6, 6.07) is 3.03. The molecular weight excluding hydrogens is 236 g/mol. The van der Waals surface area contributed by atoms with Crippen molar-refractivity contribution in [2.75, 3.05) is 19.0 Å². The van der Waals surface area contributed by atoms with Crippen molar-refractivity contribution in [3.63, 3.8) is 0 Å². The van der Waals surface area contributed by atoms with E-state index in [0.29, 0.717) is 24.4 Å². The van der Waals surface area contributed by atoms with Gasteiger partial charge < -0.3 is 10.1 Å². The van der Waals surface area contributed by atoms with Crippen LogP contribution in [0.1, 0.15) is 18.9 Å². The highest BCUT2D eigenvalue weighted by molar-refractivity contribution is 5.76. The number of anilines is 1. The molecule has 6 nitrogen and oxygen atoms in total. The van der Waals surface area contributed by atoms with E-state index >= 15 is 0 Å². The molecule has 0 heterocycles. The number of carbonyl (C=O) groups is 1. The Morgan fingerprint density at radius 1 is 1.50 bits per heavy atom. The van der Waals surface area contributed by atoms with Crippen molar-refractivity contribution in [1.29, 1.82) is 0 Å². The average molecular weight is 252 g/mol. The van der Waals surface area contributed by atoms with E-state index in [-0.39, 0.29) is 11.5 Å². The molecule has 0 spiro atoms. The zero-order chi connectivity index (χ0) is 13.7. The molecule has 0 radical (unpaired) electrons. The van der Waals surface area contributed by atoms with Crippen LogP contribution in [0, 0.1) is 17.0 Å². The van der Waals surface area contributed by atoms with Crippen molar-refractivity contribution >= 4 is 17.2 Å². The first-order valence-electron chi connectivity index (χ1n) is 5.52. The van der Waals surface area contributed by atoms with Crippen LogP contribution >= 0.6 is 0 Å². The van der Waals surface area contributed by atoms with Crippen LogP contribution in [-0.4, -0.2) is 24.4 Å². The van der Waals surface area contributed by atoms with Crippen LogP contribution in [0.3, 0.4) is 0 Å². The summed E-state index contributed by atoms with van der Waals surface area (Å²) in [4.78, 5) is 21.3. The van der Waals surface area contributed by atoms with Gasteiger partial charge in [-0.1, -0.05) is 0 Å². The van der Waals surface area contributed by atoms with Crippen molar-refractivity contribution in [3.05, 3.63) is 27.8 Å². The number of ketones is 1. The number of nitrogens with one attached hydrogen (secondary N) is 1. The third-order valence-corrected chi connectivity index (χ3v) is 2.50. The second-order valence-corrected chi connectivity index (χ2v) is 3.97. The molecule has 0 aliphatic heterocycles. The maximum Gasteiger partial charge on any atom is 0.296 e. The van der Waals surface area contributed by atoms with Crippen LogP contribution < -0.4 is 10.1 Å². The summed E-state index contributed by atoms with van der Waals surface area (Å²) in [7, 11) is 1.47. The van der Waals surface area contributed by atoms with E-state index in [9.17, 15) is 14.9 Å². The summed E-state index contributed by atoms with van der Waals surface area (Å²) < 4.78 is 5.05. The van der Waals surface area contributed by atoms with Gasteiger partial charge in [0.25, 0.3) is 5.69 Å². The molecule has 0 amide bonds. The summed E-state index contributed by atoms with van der Waals surface area (Å²) in [6.07, 6.45) is 0.336. The first kappa shape index (κ1) is 14.0. The number of aryl methyl sites for hydroxylation is 1. The van der Waals surface area contributed by atoms with Gasteiger partial charge in [0.15, 0.2) is 0 Å². The number of benzene rings is 1. The predicted octanol–water partition coefficient (Wildman–Crippen LogP) is 2.30. The summed E-state index contributed by atoms with van der Waals surface area (Å²) in [5, 5.41) is 13.8. The molecule has 6 heteroatoms. The standard InChI is InChI=1S/C12H16N2O4/c1-8-6-10(13-5-4-9(2)15)11(14(16)17)7-12(8)18-3/h6-7,13H,4-5H2,1-3H3. The second kappa shape index (κ2) is 6.00. The number of nitro groups is 1. The van der Waals surface area contributed by atoms with Crippen LogP contribution in [-0.2, 0) is 4.79 Å². The molecule has 0 aromatic heterocycles. The van der Waals surface area contributed by atoms with Gasteiger partial charge in [0.05, 0.1) is 18.1 Å². The fourth-order valence-electron chi connectivity index (χ4n) is 1.56. The number of hydrogen-bond acceptors (Lipinski definition) is 5. The van der Waals surface area contributed by atoms with Gasteiger partial charge in [-0.15, -0.1) is 0 Å². The van der Waals surface area contributed by atoms with Crippen molar-refractivity contribution in [3.8, 4) is 5.75 Å². The normalized spacial score (nSPS) is 9.94. The molecule has 1 N–H and O–H groups in total. The number of nitro benzene ring substituents is 1. The smallest absolute Gasteiger partial charge is 0.296 e. The molecule has 1 aromatic rings. The van der Waals surface area contributed by atoms with Crippen LogP contribution in [0.15, 0.2) is 12.1 Å². The van der Waals surface area contributed by atoms with Gasteiger partial charge in [-0.25, -0.2) is 0 Å². The molecule has 1 aromatic carbocycles. The van der Waals surface area contributed by atoms with Crippen molar-refractivity contribution < 1.29 is 14.5 Å². The van der Waals surface area contributed by atoms with Crippen molar-refractivity contribution in [1.82, 2.24) is 0 Å². The van der Waals surface area contributed by atoms with Crippen LogP contribution in [0.5, 0.6) is 5.75 Å². The molecule has 1 rings (SSSR count). The Kier molecular flexibility index (Phi) is 4.65. The van der Waals surface area contributed by atoms with E-state index in [4.69, 9.17) is 4.74 Å². The molecule has 0 saturated heterocycles. The molecule has 0 aliphatic rings. The third-order valence-electron chi connectivity index (χ3n) is 2.50. The van der Waals surface area contributed by atoms with E-state index in [0.717, 1.165) is 5.56 Å². The molecule has 0 bridgehead atoms. The first-order chi connectivity index (χ1) is 8.45. The maximum atomic E-state index is 10.9. The lowest BCUT2D eigenvalue weighted by atomic mass is 10.1. The van der Waals surface area contributed by atoms with Gasteiger partial charge in [0.1, 0.15) is 17.2 Å². The van der Waals surface area contributed by atoms with Crippen LogP contribution in [0.4, 0.5) is 11.4 Å². The molecule has 98 valence electrons. The Balaban J connectivity index is 2.98. The lowest BCUT2D eigenvalue weighted by Crippen LogP contribution is -2.08. The van der Waals surface area contributed by atoms with E-state index in [1.54, 1.807) is 13.0 Å². The molecule has 0 saturated carbocycles. The molecule has 18 heavy (non-hydrogen) atoms. The number of rotatable bonds is 6. The highest BCUT2D eigenvalue weighted by Gasteiger charge is 2.17. The minimum atomic E-state index is -0.474. The average Bonchev–Trinajstić information content (AvgIpc) is 2.28. The van der Waals surface area contributed by atoms with Gasteiger partial charge in [-0.3, -0.25) is 14.9 Å². The Morgan fingerprint density at radius 2 is 2.17 bits per heavy atom. The minimum Gasteiger partial charge on any atom is -0.496 e. The Hall–Kier alpha value is -2.11. The molecule has 0 aliphatic carbocycles. The van der Waals surface area contributed by atoms with Crippen LogP contribution in [0.2, 0.25) is 0 Å². The predicted molar refractivity (Wildman–Crippen MR) is 68.2 cm³/mol. The summed E-state index contributed by atoms with van der Waals surface area (Å²) in [5.41, 5.74) is 1.15. The Morgan fingerprint density at radius 3 is 2.67 bits per heavy atom. The van der Waals surface area contributed by atoms with E-state index in [2.05, 4.69) is 5.32 Å². The number of hydrogen-bond donors (Lipinski definition) is 1. The first-order valence-corrected chi connectivity index (χ1v) is 5.52. The molecule has 0 fully saturated rings. The lowest BCUT2D eigenvalue weighted by molar-refractivity contribution is -0.384. The van der Waals surface area contributed by atoms with Gasteiger partial charge >= 0.3 is 0 Å². The molecular formula is C12H16N2O4. The van der Waals surface area contributed by atoms with E-state index in [1.165, 1.54) is 20.1 Å². The summed E-state index contributed by atoms with van der Waals surface area (Å²) in [5.74, 6) is 0.509. The quantitative estimate of drug-likeness (QED) is 0.620. The molecule has 0 atom stereocenters. The number of carbonyl (C=O) groups excluding carboxylic acids is 1. The van der Waals surface area contributed by atoms with Crippen molar-refractivity contribution in [2.45, 2.75) is 20.3 Å². The highest BCUT2D eigenvalue weighted by Crippen LogP contribution is 2.32. The second-order valence-electron chi connectivity index (χ2n) is 3.97. The van der Waals surface area contributed by atoms with Gasteiger partial charge in [0.2, 0.25) is 0 Å². The third kappa shape index (κ3) is 3.44. The topological polar surface area (TPSA) is 81.5 Å². The Bertz CT molecular complexity index is 471. The largest absolute Gasteiger partial charge is 0.496 e. The monoisotopic (exact) mass is 252 g/mol. The zero-order valence-electron chi connectivity index (χ0n) is 10.6. The highest BCUT2D eigenvalue weighted by atomic mass is 16.6. The number of ether oxygens (including phenoxy) is 1. The SMILES string of the molecule is COc1cc([N+](=O)[O-])c(NCCC(C)=O)cc1C. The number of methoxy groups -OCH3 is 1. The zero-order valence-corrected chi connectivity index (χ0v) is 10.6. The minimum absolute atomic E-state index is 0.0374. The Labute approximate surface area is 105 Å². The van der Waals surface area contributed by atoms with Gasteiger partial charge in [0, 0.05) is 13.0 Å². The number of Topliss-reactive ketones (excluding diaryl/α,β-unsaturated/α-hetero) is 1. The lowest BCUT2D eigenvalue weighted by Gasteiger charge is -2.10. The maximum absolute atomic E-state index is 10.9. The van der Waals surface area contributed by atoms with Gasteiger partial charge in [-0.2, -0.15) is 0 Å². The van der Waals surface area contributed by atoms with Gasteiger partial charge in [-0.05, 0) is 25.5 Å². The summed E-state index contributed by atoms with van der Waals surface area (Å²) in [6.45, 7) is 3.66. The fraction of sp³-hybridized carbons (Fsp3) is 0.417. The van der Waals surface area contributed by atoms with E-state index in [1.807, 2.05) is 0 Å². The number of nitrogens with zero attached hydrogens (tertiary/aromatic N) is 1.